The highest BCUT2D eigenvalue weighted by Gasteiger charge is 2.24. The molecule has 0 radical (unpaired) electrons. The van der Waals surface area contributed by atoms with Gasteiger partial charge in [0.05, 0.1) is 4.47 Å². The molecule has 1 saturated heterocycles. The van der Waals surface area contributed by atoms with E-state index in [1.54, 1.807) is 13.2 Å². The Kier molecular flexibility index (Phi) is 3.60. The molecule has 0 aromatic carbocycles. The van der Waals surface area contributed by atoms with Gasteiger partial charge in [0.1, 0.15) is 5.82 Å². The molecular weight excluding hydrogens is 272 g/mol. The standard InChI is InChI=1S/C10H15BrN4O/c1-12-10-13-4-8(11)9(14-10)15-3-2-7(5-15)6-16/h4,7,16H,2-3,5-6H2,1H3,(H,12,13,14). The van der Waals surface area contributed by atoms with Crippen molar-refractivity contribution >= 4 is 27.7 Å². The Morgan fingerprint density at radius 2 is 2.50 bits per heavy atom. The van der Waals surface area contributed by atoms with Crippen molar-refractivity contribution in [2.24, 2.45) is 5.92 Å². The van der Waals surface area contributed by atoms with Crippen LogP contribution in [0.2, 0.25) is 0 Å². The maximum absolute atomic E-state index is 9.12. The molecule has 1 aliphatic rings. The quantitative estimate of drug-likeness (QED) is 0.871. The van der Waals surface area contributed by atoms with Crippen LogP contribution in [0.5, 0.6) is 0 Å². The maximum Gasteiger partial charge on any atom is 0.224 e. The Morgan fingerprint density at radius 1 is 1.69 bits per heavy atom. The molecule has 6 heteroatoms. The molecule has 2 N–H and O–H groups in total. The van der Waals surface area contributed by atoms with Gasteiger partial charge in [-0.15, -0.1) is 0 Å². The summed E-state index contributed by atoms with van der Waals surface area (Å²) in [4.78, 5) is 10.7. The fraction of sp³-hybridized carbons (Fsp3) is 0.600. The van der Waals surface area contributed by atoms with Crippen molar-refractivity contribution in [1.29, 1.82) is 0 Å². The predicted octanol–water partition coefficient (Wildman–Crippen LogP) is 1.10. The Hall–Kier alpha value is -0.880. The number of aliphatic hydroxyl groups is 1. The summed E-state index contributed by atoms with van der Waals surface area (Å²) in [5, 5.41) is 12.0. The average molecular weight is 287 g/mol. The fourth-order valence-corrected chi connectivity index (χ4v) is 2.32. The van der Waals surface area contributed by atoms with Gasteiger partial charge in [0.15, 0.2) is 0 Å². The van der Waals surface area contributed by atoms with Gasteiger partial charge in [0.2, 0.25) is 5.95 Å². The molecule has 1 aliphatic heterocycles. The van der Waals surface area contributed by atoms with Gasteiger partial charge in [-0.2, -0.15) is 4.98 Å². The van der Waals surface area contributed by atoms with Crippen molar-refractivity contribution in [3.8, 4) is 0 Å². The van der Waals surface area contributed by atoms with Gasteiger partial charge in [0.25, 0.3) is 0 Å². The van der Waals surface area contributed by atoms with E-state index in [9.17, 15) is 0 Å². The summed E-state index contributed by atoms with van der Waals surface area (Å²) in [7, 11) is 1.80. The van der Waals surface area contributed by atoms with Crippen LogP contribution >= 0.6 is 15.9 Å². The van der Waals surface area contributed by atoms with E-state index in [2.05, 4.69) is 36.1 Å². The van der Waals surface area contributed by atoms with Crippen LogP contribution in [0.3, 0.4) is 0 Å². The molecule has 88 valence electrons. The van der Waals surface area contributed by atoms with Crippen molar-refractivity contribution in [2.45, 2.75) is 6.42 Å². The third-order valence-electron chi connectivity index (χ3n) is 2.79. The molecule has 0 bridgehead atoms. The first-order valence-electron chi connectivity index (χ1n) is 5.30. The highest BCUT2D eigenvalue weighted by Crippen LogP contribution is 2.28. The fourth-order valence-electron chi connectivity index (χ4n) is 1.87. The van der Waals surface area contributed by atoms with Crippen molar-refractivity contribution in [3.63, 3.8) is 0 Å². The monoisotopic (exact) mass is 286 g/mol. The number of nitrogens with zero attached hydrogens (tertiary/aromatic N) is 3. The number of aliphatic hydroxyl groups excluding tert-OH is 1. The lowest BCUT2D eigenvalue weighted by molar-refractivity contribution is 0.238. The summed E-state index contributed by atoms with van der Waals surface area (Å²) in [5.74, 6) is 1.88. The smallest absolute Gasteiger partial charge is 0.224 e. The summed E-state index contributed by atoms with van der Waals surface area (Å²) in [5.41, 5.74) is 0. The van der Waals surface area contributed by atoms with Crippen LogP contribution in [-0.4, -0.2) is 41.8 Å². The van der Waals surface area contributed by atoms with E-state index in [1.165, 1.54) is 0 Å². The molecule has 16 heavy (non-hydrogen) atoms. The van der Waals surface area contributed by atoms with Crippen LogP contribution in [0.4, 0.5) is 11.8 Å². The van der Waals surface area contributed by atoms with Gasteiger partial charge < -0.3 is 15.3 Å². The van der Waals surface area contributed by atoms with Gasteiger partial charge in [-0.1, -0.05) is 0 Å². The lowest BCUT2D eigenvalue weighted by atomic mass is 10.1. The van der Waals surface area contributed by atoms with E-state index < -0.39 is 0 Å². The molecule has 1 atom stereocenters. The minimum atomic E-state index is 0.248. The van der Waals surface area contributed by atoms with Gasteiger partial charge >= 0.3 is 0 Å². The number of aromatic nitrogens is 2. The van der Waals surface area contributed by atoms with E-state index in [-0.39, 0.29) is 6.61 Å². The van der Waals surface area contributed by atoms with Crippen LogP contribution < -0.4 is 10.2 Å². The molecule has 0 aliphatic carbocycles. The molecule has 0 spiro atoms. The second-order valence-electron chi connectivity index (χ2n) is 3.90. The first-order valence-corrected chi connectivity index (χ1v) is 6.10. The molecule has 1 aromatic heterocycles. The zero-order valence-electron chi connectivity index (χ0n) is 9.15. The summed E-state index contributed by atoms with van der Waals surface area (Å²) in [6.45, 7) is 2.04. The number of anilines is 2. The number of halogens is 1. The molecule has 2 rings (SSSR count). The number of rotatable bonds is 3. The van der Waals surface area contributed by atoms with E-state index in [0.29, 0.717) is 11.9 Å². The Bertz CT molecular complexity index is 374. The first-order chi connectivity index (χ1) is 7.74. The van der Waals surface area contributed by atoms with Crippen molar-refractivity contribution < 1.29 is 5.11 Å². The van der Waals surface area contributed by atoms with E-state index in [4.69, 9.17) is 5.11 Å². The zero-order valence-corrected chi connectivity index (χ0v) is 10.7. The Morgan fingerprint density at radius 3 is 3.12 bits per heavy atom. The molecule has 1 aromatic rings. The second kappa shape index (κ2) is 4.97. The summed E-state index contributed by atoms with van der Waals surface area (Å²) < 4.78 is 0.894. The molecule has 0 amide bonds. The third-order valence-corrected chi connectivity index (χ3v) is 3.35. The van der Waals surface area contributed by atoms with Gasteiger partial charge in [-0.3, -0.25) is 0 Å². The predicted molar refractivity (Wildman–Crippen MR) is 66.7 cm³/mol. The Labute approximate surface area is 103 Å². The topological polar surface area (TPSA) is 61.3 Å². The minimum Gasteiger partial charge on any atom is -0.396 e. The number of hydrogen-bond acceptors (Lipinski definition) is 5. The van der Waals surface area contributed by atoms with Crippen LogP contribution in [0.1, 0.15) is 6.42 Å². The van der Waals surface area contributed by atoms with E-state index in [0.717, 1.165) is 29.8 Å². The lowest BCUT2D eigenvalue weighted by Crippen LogP contribution is -2.22. The molecule has 0 saturated carbocycles. The SMILES string of the molecule is CNc1ncc(Br)c(N2CCC(CO)C2)n1. The molecule has 1 unspecified atom stereocenters. The van der Waals surface area contributed by atoms with Crippen LogP contribution in [0.25, 0.3) is 0 Å². The van der Waals surface area contributed by atoms with E-state index >= 15 is 0 Å². The largest absolute Gasteiger partial charge is 0.396 e. The summed E-state index contributed by atoms with van der Waals surface area (Å²) in [6, 6.07) is 0. The van der Waals surface area contributed by atoms with Crippen LogP contribution in [0, 0.1) is 5.92 Å². The molecule has 1 fully saturated rings. The maximum atomic E-state index is 9.12. The van der Waals surface area contributed by atoms with Crippen molar-refractivity contribution in [3.05, 3.63) is 10.7 Å². The van der Waals surface area contributed by atoms with Gasteiger partial charge in [-0.05, 0) is 22.4 Å². The van der Waals surface area contributed by atoms with Crippen molar-refractivity contribution in [1.82, 2.24) is 9.97 Å². The first kappa shape index (κ1) is 11.6. The molecule has 5 nitrogen and oxygen atoms in total. The number of nitrogens with one attached hydrogen (secondary N) is 1. The van der Waals surface area contributed by atoms with Gasteiger partial charge in [0, 0.05) is 38.9 Å². The highest BCUT2D eigenvalue weighted by atomic mass is 79.9. The third kappa shape index (κ3) is 2.27. The van der Waals surface area contributed by atoms with Crippen LogP contribution in [-0.2, 0) is 0 Å². The Balaban J connectivity index is 2.20. The summed E-state index contributed by atoms with van der Waals surface area (Å²) in [6.07, 6.45) is 2.77. The zero-order chi connectivity index (χ0) is 11.5. The normalized spacial score (nSPS) is 20.2. The molecular formula is C10H15BrN4O. The van der Waals surface area contributed by atoms with E-state index in [1.807, 2.05) is 0 Å². The van der Waals surface area contributed by atoms with Gasteiger partial charge in [-0.25, -0.2) is 4.98 Å². The molecule has 2 heterocycles. The van der Waals surface area contributed by atoms with Crippen molar-refractivity contribution in [2.75, 3.05) is 37.0 Å². The minimum absolute atomic E-state index is 0.248. The highest BCUT2D eigenvalue weighted by molar-refractivity contribution is 9.10. The van der Waals surface area contributed by atoms with Crippen LogP contribution in [0.15, 0.2) is 10.7 Å². The summed E-state index contributed by atoms with van der Waals surface area (Å²) >= 11 is 3.45. The number of hydrogen-bond donors (Lipinski definition) is 2. The lowest BCUT2D eigenvalue weighted by Gasteiger charge is -2.18. The average Bonchev–Trinajstić information content (AvgIpc) is 2.78. The second-order valence-corrected chi connectivity index (χ2v) is 4.75.